The summed E-state index contributed by atoms with van der Waals surface area (Å²) in [4.78, 5) is 8.92. The third-order valence-corrected chi connectivity index (χ3v) is 2.72. The van der Waals surface area contributed by atoms with E-state index in [-0.39, 0.29) is 0 Å². The highest BCUT2D eigenvalue weighted by atomic mass is 14.9. The number of nitrogens with one attached hydrogen (secondary N) is 1. The van der Waals surface area contributed by atoms with E-state index in [2.05, 4.69) is 36.1 Å². The number of hydrogen-bond donors (Lipinski definition) is 1. The van der Waals surface area contributed by atoms with Gasteiger partial charge in [0.2, 0.25) is 0 Å². The molecule has 0 saturated carbocycles. The molecule has 84 valence electrons. The monoisotopic (exact) mass is 207 g/mol. The Morgan fingerprint density at radius 3 is 2.73 bits per heavy atom. The first kappa shape index (κ1) is 12.1. The van der Waals surface area contributed by atoms with E-state index in [4.69, 9.17) is 0 Å². The fourth-order valence-corrected chi connectivity index (χ4v) is 1.56. The summed E-state index contributed by atoms with van der Waals surface area (Å²) in [7, 11) is 1.95. The van der Waals surface area contributed by atoms with Crippen LogP contribution in [0, 0.1) is 6.92 Å². The Bertz CT molecular complexity index is 310. The van der Waals surface area contributed by atoms with Crippen LogP contribution in [0.25, 0.3) is 0 Å². The quantitative estimate of drug-likeness (QED) is 0.805. The molecule has 0 aliphatic rings. The van der Waals surface area contributed by atoms with Gasteiger partial charge in [-0.25, -0.2) is 9.97 Å². The third-order valence-electron chi connectivity index (χ3n) is 2.72. The second-order valence-corrected chi connectivity index (χ2v) is 3.94. The molecule has 1 unspecified atom stereocenters. The normalized spacial score (nSPS) is 12.8. The molecule has 15 heavy (non-hydrogen) atoms. The Morgan fingerprint density at radius 1 is 1.47 bits per heavy atom. The summed E-state index contributed by atoms with van der Waals surface area (Å²) in [6, 6.07) is 0.324. The summed E-state index contributed by atoms with van der Waals surface area (Å²) in [6.07, 6.45) is 5.30. The maximum atomic E-state index is 4.53. The lowest BCUT2D eigenvalue weighted by Crippen LogP contribution is -2.15. The van der Waals surface area contributed by atoms with Crippen molar-refractivity contribution in [3.63, 3.8) is 0 Å². The van der Waals surface area contributed by atoms with Gasteiger partial charge in [-0.05, 0) is 27.3 Å². The molecule has 0 saturated heterocycles. The molecule has 0 aromatic carbocycles. The van der Waals surface area contributed by atoms with E-state index in [9.17, 15) is 0 Å². The number of nitrogens with zero attached hydrogens (tertiary/aromatic N) is 2. The zero-order valence-electron chi connectivity index (χ0n) is 10.2. The maximum absolute atomic E-state index is 4.53. The van der Waals surface area contributed by atoms with Gasteiger partial charge in [0.05, 0.1) is 0 Å². The van der Waals surface area contributed by atoms with Gasteiger partial charge in [0, 0.05) is 29.9 Å². The minimum absolute atomic E-state index is 0.324. The Morgan fingerprint density at radius 2 is 2.20 bits per heavy atom. The van der Waals surface area contributed by atoms with Gasteiger partial charge in [0.1, 0.15) is 5.82 Å². The van der Waals surface area contributed by atoms with Crippen LogP contribution >= 0.6 is 0 Å². The van der Waals surface area contributed by atoms with Crippen molar-refractivity contribution in [2.75, 3.05) is 7.05 Å². The van der Waals surface area contributed by atoms with E-state index < -0.39 is 0 Å². The number of aromatic nitrogens is 2. The predicted octanol–water partition coefficient (Wildman–Crippen LogP) is 2.41. The molecule has 1 aromatic heterocycles. The third kappa shape index (κ3) is 3.27. The summed E-state index contributed by atoms with van der Waals surface area (Å²) in [5.74, 6) is 0.974. The van der Waals surface area contributed by atoms with Gasteiger partial charge in [-0.1, -0.05) is 13.3 Å². The van der Waals surface area contributed by atoms with Gasteiger partial charge in [0.15, 0.2) is 0 Å². The van der Waals surface area contributed by atoms with Crippen LogP contribution in [0.4, 0.5) is 0 Å². The van der Waals surface area contributed by atoms with Gasteiger partial charge in [-0.3, -0.25) is 0 Å². The summed E-state index contributed by atoms with van der Waals surface area (Å²) in [6.45, 7) is 6.36. The molecule has 0 bridgehead atoms. The van der Waals surface area contributed by atoms with Crippen molar-refractivity contribution >= 4 is 0 Å². The lowest BCUT2D eigenvalue weighted by Gasteiger charge is -2.13. The van der Waals surface area contributed by atoms with Crippen molar-refractivity contribution in [3.05, 3.63) is 23.3 Å². The first-order valence-electron chi connectivity index (χ1n) is 5.68. The van der Waals surface area contributed by atoms with E-state index in [0.29, 0.717) is 6.04 Å². The molecule has 1 heterocycles. The topological polar surface area (TPSA) is 37.8 Å². The summed E-state index contributed by atoms with van der Waals surface area (Å²) < 4.78 is 0. The van der Waals surface area contributed by atoms with Crippen molar-refractivity contribution in [3.8, 4) is 0 Å². The van der Waals surface area contributed by atoms with E-state index in [0.717, 1.165) is 17.9 Å². The Balaban J connectivity index is 2.78. The van der Waals surface area contributed by atoms with Crippen molar-refractivity contribution in [2.24, 2.45) is 0 Å². The molecule has 0 amide bonds. The summed E-state index contributed by atoms with van der Waals surface area (Å²) in [5.41, 5.74) is 2.29. The lowest BCUT2D eigenvalue weighted by molar-refractivity contribution is 0.635. The van der Waals surface area contributed by atoms with E-state index in [1.807, 2.05) is 13.2 Å². The lowest BCUT2D eigenvalue weighted by atomic mass is 10.1. The highest BCUT2D eigenvalue weighted by Crippen LogP contribution is 2.14. The number of hydrogen-bond acceptors (Lipinski definition) is 3. The number of rotatable bonds is 5. The Kier molecular flexibility index (Phi) is 4.69. The van der Waals surface area contributed by atoms with E-state index >= 15 is 0 Å². The fraction of sp³-hybridized carbons (Fsp3) is 0.667. The highest BCUT2D eigenvalue weighted by molar-refractivity contribution is 5.19. The van der Waals surface area contributed by atoms with Crippen LogP contribution in [0.3, 0.4) is 0 Å². The Labute approximate surface area is 92.3 Å². The van der Waals surface area contributed by atoms with Crippen molar-refractivity contribution in [1.82, 2.24) is 15.3 Å². The second kappa shape index (κ2) is 5.81. The first-order valence-corrected chi connectivity index (χ1v) is 5.68. The van der Waals surface area contributed by atoms with Crippen LogP contribution in [-0.4, -0.2) is 17.0 Å². The zero-order chi connectivity index (χ0) is 11.3. The molecule has 0 spiro atoms. The largest absolute Gasteiger partial charge is 0.313 e. The Hall–Kier alpha value is -0.960. The fourth-order valence-electron chi connectivity index (χ4n) is 1.56. The van der Waals surface area contributed by atoms with Gasteiger partial charge >= 0.3 is 0 Å². The molecular formula is C12H21N3. The molecule has 1 atom stereocenters. The molecule has 0 fully saturated rings. The van der Waals surface area contributed by atoms with Crippen molar-refractivity contribution in [1.29, 1.82) is 0 Å². The molecule has 0 radical (unpaired) electrons. The highest BCUT2D eigenvalue weighted by Gasteiger charge is 2.08. The number of aryl methyl sites for hydroxylation is 2. The minimum atomic E-state index is 0.324. The molecule has 0 aliphatic heterocycles. The van der Waals surface area contributed by atoms with E-state index in [1.165, 1.54) is 18.4 Å². The van der Waals surface area contributed by atoms with Crippen molar-refractivity contribution < 1.29 is 0 Å². The molecule has 1 aromatic rings. The zero-order valence-corrected chi connectivity index (χ0v) is 10.2. The van der Waals surface area contributed by atoms with E-state index in [1.54, 1.807) is 0 Å². The molecule has 1 rings (SSSR count). The average Bonchev–Trinajstić information content (AvgIpc) is 2.25. The van der Waals surface area contributed by atoms with Crippen LogP contribution in [0.5, 0.6) is 0 Å². The molecule has 3 heteroatoms. The summed E-state index contributed by atoms with van der Waals surface area (Å²) in [5, 5.41) is 3.20. The van der Waals surface area contributed by atoms with Gasteiger partial charge in [-0.2, -0.15) is 0 Å². The van der Waals surface area contributed by atoms with Gasteiger partial charge < -0.3 is 5.32 Å². The average molecular weight is 207 g/mol. The minimum Gasteiger partial charge on any atom is -0.313 e. The maximum Gasteiger partial charge on any atom is 0.128 e. The van der Waals surface area contributed by atoms with Crippen LogP contribution in [0.1, 0.15) is 49.8 Å². The van der Waals surface area contributed by atoms with Crippen LogP contribution in [-0.2, 0) is 6.42 Å². The SMILES string of the molecule is CCCCc1ncc(C(C)NC)c(C)n1. The van der Waals surface area contributed by atoms with Gasteiger partial charge in [0.25, 0.3) is 0 Å². The smallest absolute Gasteiger partial charge is 0.128 e. The molecule has 0 aliphatic carbocycles. The van der Waals surface area contributed by atoms with Gasteiger partial charge in [-0.15, -0.1) is 0 Å². The van der Waals surface area contributed by atoms with Crippen LogP contribution in [0.15, 0.2) is 6.20 Å². The standard InChI is InChI=1S/C12H21N3/c1-5-6-7-12-14-8-11(9(2)13-4)10(3)15-12/h8-9,13H,5-7H2,1-4H3. The van der Waals surface area contributed by atoms with Crippen LogP contribution in [0.2, 0.25) is 0 Å². The molecular weight excluding hydrogens is 186 g/mol. The predicted molar refractivity (Wildman–Crippen MR) is 62.9 cm³/mol. The van der Waals surface area contributed by atoms with Crippen molar-refractivity contribution in [2.45, 2.75) is 46.1 Å². The summed E-state index contributed by atoms with van der Waals surface area (Å²) >= 11 is 0. The molecule has 1 N–H and O–H groups in total. The first-order chi connectivity index (χ1) is 7.19. The van der Waals surface area contributed by atoms with Crippen LogP contribution < -0.4 is 5.32 Å². The molecule has 3 nitrogen and oxygen atoms in total. The number of unbranched alkanes of at least 4 members (excludes halogenated alkanes) is 1. The second-order valence-electron chi connectivity index (χ2n) is 3.94.